The van der Waals surface area contributed by atoms with Gasteiger partial charge in [-0.15, -0.1) is 5.10 Å². The molecule has 5 rings (SSSR count). The van der Waals surface area contributed by atoms with Crippen LogP contribution in [0.15, 0.2) is 59.5 Å². The van der Waals surface area contributed by atoms with E-state index in [1.165, 1.54) is 0 Å². The van der Waals surface area contributed by atoms with Crippen LogP contribution in [-0.4, -0.2) is 51.1 Å². The van der Waals surface area contributed by atoms with E-state index in [1.807, 2.05) is 30.3 Å². The van der Waals surface area contributed by atoms with Gasteiger partial charge in [-0.05, 0) is 62.0 Å². The molecular weight excluding hydrogens is 402 g/mol. The van der Waals surface area contributed by atoms with Crippen molar-refractivity contribution in [2.24, 2.45) is 0 Å². The summed E-state index contributed by atoms with van der Waals surface area (Å²) >= 11 is 6.08. The van der Waals surface area contributed by atoms with Gasteiger partial charge < -0.3 is 14.6 Å². The topological polar surface area (TPSA) is 76.0 Å². The van der Waals surface area contributed by atoms with Gasteiger partial charge in [0.1, 0.15) is 17.5 Å². The number of likely N-dealkylation sites (tertiary alicyclic amines) is 1. The predicted molar refractivity (Wildman–Crippen MR) is 116 cm³/mol. The van der Waals surface area contributed by atoms with E-state index >= 15 is 0 Å². The second-order valence-electron chi connectivity index (χ2n) is 7.58. The highest BCUT2D eigenvalue weighted by molar-refractivity contribution is 6.31. The van der Waals surface area contributed by atoms with Crippen molar-refractivity contribution in [2.45, 2.75) is 12.5 Å². The number of aromatic nitrogens is 4. The number of likely N-dealkylation sites (N-methyl/N-ethyl adjacent to an activating group) is 1. The third-order valence-corrected chi connectivity index (χ3v) is 5.56. The van der Waals surface area contributed by atoms with E-state index in [1.54, 1.807) is 29.1 Å². The number of nitrogens with zero attached hydrogens (tertiary/aromatic N) is 4. The third-order valence-electron chi connectivity index (χ3n) is 5.33. The molecule has 2 aromatic carbocycles. The average molecular weight is 422 g/mol. The molecule has 1 fully saturated rings. The van der Waals surface area contributed by atoms with Gasteiger partial charge in [0.2, 0.25) is 0 Å². The zero-order valence-electron chi connectivity index (χ0n) is 16.4. The van der Waals surface area contributed by atoms with Gasteiger partial charge in [0.25, 0.3) is 5.56 Å². The molecule has 0 aliphatic carbocycles. The van der Waals surface area contributed by atoms with Crippen molar-refractivity contribution < 1.29 is 4.74 Å². The third kappa shape index (κ3) is 3.69. The van der Waals surface area contributed by atoms with Gasteiger partial charge in [-0.25, -0.2) is 4.68 Å². The largest absolute Gasteiger partial charge is 0.489 e. The van der Waals surface area contributed by atoms with E-state index in [0.29, 0.717) is 16.3 Å². The van der Waals surface area contributed by atoms with Crippen LogP contribution >= 0.6 is 11.6 Å². The minimum Gasteiger partial charge on any atom is -0.489 e. The summed E-state index contributed by atoms with van der Waals surface area (Å²) in [5, 5.41) is 9.82. The van der Waals surface area contributed by atoms with Crippen molar-refractivity contribution in [3.63, 3.8) is 0 Å². The van der Waals surface area contributed by atoms with Crippen molar-refractivity contribution in [3.8, 4) is 22.7 Å². The van der Waals surface area contributed by atoms with Crippen molar-refractivity contribution in [3.05, 3.63) is 70.1 Å². The fraction of sp³-hybridized carbons (Fsp3) is 0.227. The fourth-order valence-corrected chi connectivity index (χ4v) is 3.92. The minimum absolute atomic E-state index is 0.220. The summed E-state index contributed by atoms with van der Waals surface area (Å²) in [6.07, 6.45) is 3.01. The van der Waals surface area contributed by atoms with Crippen molar-refractivity contribution >= 4 is 22.5 Å². The predicted octanol–water partition coefficient (Wildman–Crippen LogP) is 3.51. The molecule has 0 saturated carbocycles. The Morgan fingerprint density at radius 3 is 2.77 bits per heavy atom. The Morgan fingerprint density at radius 2 is 2.00 bits per heavy atom. The van der Waals surface area contributed by atoms with Crippen molar-refractivity contribution in [2.75, 3.05) is 20.1 Å². The van der Waals surface area contributed by atoms with Crippen LogP contribution in [0.25, 0.3) is 27.8 Å². The maximum Gasteiger partial charge on any atom is 0.258 e. The Hall–Kier alpha value is -3.16. The summed E-state index contributed by atoms with van der Waals surface area (Å²) in [6, 6.07) is 14.8. The normalized spacial score (nSPS) is 16.9. The molecule has 1 atom stereocenters. The number of ether oxygens (including phenoxy) is 1. The Labute approximate surface area is 177 Å². The molecule has 7 nitrogen and oxygen atoms in total. The van der Waals surface area contributed by atoms with Gasteiger partial charge in [0, 0.05) is 29.0 Å². The summed E-state index contributed by atoms with van der Waals surface area (Å²) < 4.78 is 7.68. The van der Waals surface area contributed by atoms with Crippen LogP contribution in [0.4, 0.5) is 0 Å². The highest BCUT2D eigenvalue weighted by Gasteiger charge is 2.20. The molecule has 2 aromatic heterocycles. The van der Waals surface area contributed by atoms with Gasteiger partial charge in [0.15, 0.2) is 0 Å². The Kier molecular flexibility index (Phi) is 4.77. The Bertz CT molecular complexity index is 1260. The number of hydrogen-bond donors (Lipinski definition) is 1. The summed E-state index contributed by atoms with van der Waals surface area (Å²) in [5.41, 5.74) is 2.28. The zero-order chi connectivity index (χ0) is 20.7. The maximum atomic E-state index is 12.5. The number of H-pyrrole nitrogens is 1. The van der Waals surface area contributed by atoms with E-state index in [9.17, 15) is 4.79 Å². The summed E-state index contributed by atoms with van der Waals surface area (Å²) in [5.74, 6) is 0.835. The van der Waals surface area contributed by atoms with Gasteiger partial charge in [-0.1, -0.05) is 16.8 Å². The lowest BCUT2D eigenvalue weighted by Crippen LogP contribution is -2.21. The molecule has 0 amide bonds. The molecule has 1 unspecified atom stereocenters. The summed E-state index contributed by atoms with van der Waals surface area (Å²) in [4.78, 5) is 17.6. The van der Waals surface area contributed by atoms with Crippen molar-refractivity contribution in [1.29, 1.82) is 0 Å². The van der Waals surface area contributed by atoms with Crippen LogP contribution in [-0.2, 0) is 0 Å². The van der Waals surface area contributed by atoms with E-state index < -0.39 is 0 Å². The van der Waals surface area contributed by atoms with E-state index in [-0.39, 0.29) is 11.7 Å². The second kappa shape index (κ2) is 7.59. The Balaban J connectivity index is 1.39. The standard InChI is InChI=1S/C22H20ClN5O2/c1-27-9-8-18(12-27)30-17-5-3-16(4-6-17)28-13-21(25-26-28)19-11-14-10-15(23)2-7-20(14)24-22(19)29/h2-7,10-11,13,18H,8-9,12H2,1H3,(H,24,29). The molecule has 0 radical (unpaired) electrons. The lowest BCUT2D eigenvalue weighted by atomic mass is 10.1. The smallest absolute Gasteiger partial charge is 0.258 e. The van der Waals surface area contributed by atoms with Gasteiger partial charge >= 0.3 is 0 Å². The first-order chi connectivity index (χ1) is 14.5. The average Bonchev–Trinajstić information content (AvgIpc) is 3.38. The molecule has 3 heterocycles. The number of fused-ring (bicyclic) bond motifs is 1. The van der Waals surface area contributed by atoms with Crippen LogP contribution in [0.1, 0.15) is 6.42 Å². The van der Waals surface area contributed by atoms with E-state index in [0.717, 1.165) is 41.9 Å². The van der Waals surface area contributed by atoms with Crippen LogP contribution in [0.2, 0.25) is 5.02 Å². The molecule has 4 aromatic rings. The number of benzene rings is 2. The van der Waals surface area contributed by atoms with E-state index in [4.69, 9.17) is 16.3 Å². The van der Waals surface area contributed by atoms with Gasteiger partial charge in [-0.2, -0.15) is 0 Å². The number of aromatic amines is 1. The first-order valence-electron chi connectivity index (χ1n) is 9.76. The molecule has 0 spiro atoms. The highest BCUT2D eigenvalue weighted by atomic mass is 35.5. The van der Waals surface area contributed by atoms with Gasteiger partial charge in [-0.3, -0.25) is 4.79 Å². The first kappa shape index (κ1) is 18.8. The maximum absolute atomic E-state index is 12.5. The number of nitrogens with one attached hydrogen (secondary N) is 1. The second-order valence-corrected chi connectivity index (χ2v) is 8.01. The zero-order valence-corrected chi connectivity index (χ0v) is 17.1. The van der Waals surface area contributed by atoms with Crippen molar-refractivity contribution in [1.82, 2.24) is 24.9 Å². The summed E-state index contributed by atoms with van der Waals surface area (Å²) in [7, 11) is 2.10. The fourth-order valence-electron chi connectivity index (χ4n) is 3.74. The molecular formula is C22H20ClN5O2. The summed E-state index contributed by atoms with van der Waals surface area (Å²) in [6.45, 7) is 2.00. The minimum atomic E-state index is -0.220. The molecule has 8 heteroatoms. The lowest BCUT2D eigenvalue weighted by Gasteiger charge is -2.14. The molecule has 1 aliphatic rings. The molecule has 1 saturated heterocycles. The van der Waals surface area contributed by atoms with E-state index in [2.05, 4.69) is 27.2 Å². The highest BCUT2D eigenvalue weighted by Crippen LogP contribution is 2.23. The molecule has 152 valence electrons. The van der Waals surface area contributed by atoms with Crippen LogP contribution < -0.4 is 10.3 Å². The van der Waals surface area contributed by atoms with Crippen LogP contribution in [0.5, 0.6) is 5.75 Å². The lowest BCUT2D eigenvalue weighted by molar-refractivity contribution is 0.208. The number of rotatable bonds is 4. The Morgan fingerprint density at radius 1 is 1.17 bits per heavy atom. The quantitative estimate of drug-likeness (QED) is 0.545. The number of pyridine rings is 1. The molecule has 1 N–H and O–H groups in total. The van der Waals surface area contributed by atoms with Crippen LogP contribution in [0.3, 0.4) is 0 Å². The SMILES string of the molecule is CN1CCC(Oc2ccc(-n3cc(-c4cc5cc(Cl)ccc5[nH]c4=O)nn3)cc2)C1. The molecule has 1 aliphatic heterocycles. The number of hydrogen-bond acceptors (Lipinski definition) is 5. The van der Waals surface area contributed by atoms with Crippen LogP contribution in [0, 0.1) is 0 Å². The molecule has 30 heavy (non-hydrogen) atoms. The first-order valence-corrected chi connectivity index (χ1v) is 10.1. The van der Waals surface area contributed by atoms with Gasteiger partial charge in [0.05, 0.1) is 17.4 Å². The number of halogens is 1. The molecule has 0 bridgehead atoms. The monoisotopic (exact) mass is 421 g/mol.